The second kappa shape index (κ2) is 10.6. The number of carbonyl (C=O) groups excluding carboxylic acids is 2. The molecular formula is C32H24FN3O5. The number of amides is 1. The van der Waals surface area contributed by atoms with Crippen molar-refractivity contribution in [2.75, 3.05) is 12.1 Å². The van der Waals surface area contributed by atoms with Gasteiger partial charge in [-0.2, -0.15) is 9.78 Å². The number of carbonyl (C=O) groups is 2. The predicted octanol–water partition coefficient (Wildman–Crippen LogP) is 6.56. The Morgan fingerprint density at radius 3 is 2.44 bits per heavy atom. The molecule has 8 nitrogen and oxygen atoms in total. The second-order valence-corrected chi connectivity index (χ2v) is 9.48. The van der Waals surface area contributed by atoms with Gasteiger partial charge in [0.25, 0.3) is 5.91 Å². The normalized spacial score (nSPS) is 11.8. The largest absolute Gasteiger partial charge is 0.454 e. The maximum atomic E-state index is 14.2. The highest BCUT2D eigenvalue weighted by Gasteiger charge is 2.25. The fraction of sp³-hybridized carbons (Fsp3) is 0.0938. The molecule has 41 heavy (non-hydrogen) atoms. The lowest BCUT2D eigenvalue weighted by molar-refractivity contribution is -0.132. The van der Waals surface area contributed by atoms with Gasteiger partial charge >= 0.3 is 5.97 Å². The molecule has 9 heteroatoms. The number of nitrogens with one attached hydrogen (secondary N) is 1. The topological polar surface area (TPSA) is 91.7 Å². The molecule has 0 saturated heterocycles. The smallest absolute Gasteiger partial charge is 0.309 e. The Balaban J connectivity index is 1.41. The second-order valence-electron chi connectivity index (χ2n) is 9.48. The van der Waals surface area contributed by atoms with E-state index in [0.29, 0.717) is 45.3 Å². The van der Waals surface area contributed by atoms with Gasteiger partial charge in [0.15, 0.2) is 11.5 Å². The number of anilines is 1. The van der Waals surface area contributed by atoms with Crippen molar-refractivity contribution in [3.05, 3.63) is 108 Å². The van der Waals surface area contributed by atoms with Crippen molar-refractivity contribution >= 4 is 17.6 Å². The fourth-order valence-electron chi connectivity index (χ4n) is 4.63. The number of ether oxygens (including phenoxy) is 3. The average molecular weight is 550 g/mol. The van der Waals surface area contributed by atoms with Crippen LogP contribution in [0.4, 0.5) is 10.1 Å². The molecule has 204 valence electrons. The average Bonchev–Trinajstić information content (AvgIpc) is 3.58. The first-order valence-electron chi connectivity index (χ1n) is 12.8. The molecule has 4 aromatic carbocycles. The molecule has 1 aliphatic rings. The van der Waals surface area contributed by atoms with E-state index >= 15 is 0 Å². The van der Waals surface area contributed by atoms with Crippen molar-refractivity contribution in [1.29, 1.82) is 0 Å². The molecule has 0 aliphatic carbocycles. The Morgan fingerprint density at radius 2 is 1.68 bits per heavy atom. The van der Waals surface area contributed by atoms with E-state index in [1.807, 2.05) is 31.2 Å². The van der Waals surface area contributed by atoms with Crippen LogP contribution in [-0.2, 0) is 4.79 Å². The van der Waals surface area contributed by atoms with E-state index in [4.69, 9.17) is 19.3 Å². The van der Waals surface area contributed by atoms with Gasteiger partial charge in [-0.1, -0.05) is 42.0 Å². The van der Waals surface area contributed by atoms with Gasteiger partial charge < -0.3 is 19.5 Å². The van der Waals surface area contributed by atoms with Crippen LogP contribution in [0.3, 0.4) is 0 Å². The van der Waals surface area contributed by atoms with Gasteiger partial charge in [-0.15, -0.1) is 0 Å². The quantitative estimate of drug-likeness (QED) is 0.241. The third-order valence-electron chi connectivity index (χ3n) is 6.49. The zero-order chi connectivity index (χ0) is 28.5. The van der Waals surface area contributed by atoms with Crippen molar-refractivity contribution in [3.63, 3.8) is 0 Å². The highest BCUT2D eigenvalue weighted by Crippen LogP contribution is 2.41. The molecule has 1 amide bonds. The minimum atomic E-state index is -0.549. The summed E-state index contributed by atoms with van der Waals surface area (Å²) in [7, 11) is 0. The molecule has 6 rings (SSSR count). The van der Waals surface area contributed by atoms with Crippen LogP contribution < -0.4 is 19.5 Å². The van der Waals surface area contributed by atoms with E-state index < -0.39 is 11.8 Å². The number of aromatic nitrogens is 2. The Bertz CT molecular complexity index is 1800. The van der Waals surface area contributed by atoms with Gasteiger partial charge in [-0.05, 0) is 67.1 Å². The molecule has 1 aliphatic heterocycles. The van der Waals surface area contributed by atoms with Gasteiger partial charge in [-0.3, -0.25) is 9.59 Å². The third-order valence-corrected chi connectivity index (χ3v) is 6.49. The summed E-state index contributed by atoms with van der Waals surface area (Å²) < 4.78 is 32.0. The summed E-state index contributed by atoms with van der Waals surface area (Å²) in [5.41, 5.74) is 4.97. The molecule has 0 saturated carbocycles. The number of benzene rings is 4. The predicted molar refractivity (Wildman–Crippen MR) is 151 cm³/mol. The number of nitrogens with zero attached hydrogens (tertiary/aromatic N) is 2. The van der Waals surface area contributed by atoms with Gasteiger partial charge in [0, 0.05) is 23.7 Å². The van der Waals surface area contributed by atoms with Crippen molar-refractivity contribution in [3.8, 4) is 45.5 Å². The molecule has 0 atom stereocenters. The van der Waals surface area contributed by atoms with E-state index in [2.05, 4.69) is 5.32 Å². The fourth-order valence-corrected chi connectivity index (χ4v) is 4.63. The number of hydrogen-bond donors (Lipinski definition) is 1. The highest BCUT2D eigenvalue weighted by molar-refractivity contribution is 6.05. The van der Waals surface area contributed by atoms with Crippen LogP contribution in [0.15, 0.2) is 91.0 Å². The van der Waals surface area contributed by atoms with Crippen molar-refractivity contribution in [2.24, 2.45) is 0 Å². The van der Waals surface area contributed by atoms with Gasteiger partial charge in [-0.25, -0.2) is 4.39 Å². The number of halogens is 1. The molecule has 0 radical (unpaired) electrons. The number of aryl methyl sites for hydroxylation is 1. The number of esters is 1. The standard InChI is InChI=1S/C32H24FN3O5/c1-19-5-3-6-22(15-19)30-29(32(41-20(2)37)36(35-30)26-8-4-7-24(33)17-26)21-9-12-25(13-10-21)34-31(38)23-11-14-27-28(16-23)40-18-39-27/h3-17H,18H2,1-2H3,(H,34,38). The van der Waals surface area contributed by atoms with Crippen LogP contribution in [0.5, 0.6) is 17.4 Å². The number of hydrogen-bond acceptors (Lipinski definition) is 6. The summed E-state index contributed by atoms with van der Waals surface area (Å²) in [6.07, 6.45) is 0. The maximum Gasteiger partial charge on any atom is 0.309 e. The third kappa shape index (κ3) is 5.25. The Kier molecular flexibility index (Phi) is 6.68. The Labute approximate surface area is 234 Å². The summed E-state index contributed by atoms with van der Waals surface area (Å²) in [6, 6.07) is 25.7. The molecule has 0 unspecified atom stereocenters. The van der Waals surface area contributed by atoms with E-state index in [1.165, 1.54) is 23.7 Å². The summed E-state index contributed by atoms with van der Waals surface area (Å²) >= 11 is 0. The first kappa shape index (κ1) is 25.8. The van der Waals surface area contributed by atoms with E-state index in [1.54, 1.807) is 54.6 Å². The van der Waals surface area contributed by atoms with Crippen LogP contribution in [0.25, 0.3) is 28.1 Å². The zero-order valence-electron chi connectivity index (χ0n) is 22.2. The van der Waals surface area contributed by atoms with Crippen LogP contribution >= 0.6 is 0 Å². The molecule has 0 bridgehead atoms. The zero-order valence-corrected chi connectivity index (χ0v) is 22.2. The van der Waals surface area contributed by atoms with Crippen LogP contribution in [0, 0.1) is 12.7 Å². The lowest BCUT2D eigenvalue weighted by Gasteiger charge is -2.11. The summed E-state index contributed by atoms with van der Waals surface area (Å²) in [4.78, 5) is 25.1. The van der Waals surface area contributed by atoms with Crippen molar-refractivity contribution in [1.82, 2.24) is 9.78 Å². The lowest BCUT2D eigenvalue weighted by atomic mass is 10.00. The van der Waals surface area contributed by atoms with Gasteiger partial charge in [0.05, 0.1) is 11.3 Å². The molecule has 0 spiro atoms. The van der Waals surface area contributed by atoms with Gasteiger partial charge in [0.1, 0.15) is 11.5 Å². The highest BCUT2D eigenvalue weighted by atomic mass is 19.1. The molecule has 5 aromatic rings. The molecular weight excluding hydrogens is 525 g/mol. The summed E-state index contributed by atoms with van der Waals surface area (Å²) in [6.45, 7) is 3.39. The van der Waals surface area contributed by atoms with E-state index in [9.17, 15) is 14.0 Å². The van der Waals surface area contributed by atoms with Crippen molar-refractivity contribution in [2.45, 2.75) is 13.8 Å². The number of rotatable bonds is 6. The Morgan fingerprint density at radius 1 is 0.902 bits per heavy atom. The minimum absolute atomic E-state index is 0.123. The molecule has 0 fully saturated rings. The molecule has 1 N–H and O–H groups in total. The summed E-state index contributed by atoms with van der Waals surface area (Å²) in [5.74, 6) is -0.0457. The first-order chi connectivity index (χ1) is 19.9. The Hall–Kier alpha value is -5.44. The molecule has 1 aromatic heterocycles. The number of fused-ring (bicyclic) bond motifs is 1. The minimum Gasteiger partial charge on any atom is -0.454 e. The lowest BCUT2D eigenvalue weighted by Crippen LogP contribution is -2.11. The van der Waals surface area contributed by atoms with E-state index in [0.717, 1.165) is 11.1 Å². The monoisotopic (exact) mass is 549 g/mol. The van der Waals surface area contributed by atoms with E-state index in [-0.39, 0.29) is 18.6 Å². The summed E-state index contributed by atoms with van der Waals surface area (Å²) in [5, 5.41) is 7.67. The van der Waals surface area contributed by atoms with Crippen molar-refractivity contribution < 1.29 is 28.2 Å². The SMILES string of the molecule is CC(=O)Oc1c(-c2ccc(NC(=O)c3ccc4c(c3)OCO4)cc2)c(-c2cccc(C)c2)nn1-c1cccc(F)c1. The first-order valence-corrected chi connectivity index (χ1v) is 12.8. The maximum absolute atomic E-state index is 14.2. The van der Waals surface area contributed by atoms with Crippen LogP contribution in [-0.4, -0.2) is 28.4 Å². The van der Waals surface area contributed by atoms with Gasteiger partial charge in [0.2, 0.25) is 12.7 Å². The molecule has 2 heterocycles. The van der Waals surface area contributed by atoms with Crippen LogP contribution in [0.2, 0.25) is 0 Å². The van der Waals surface area contributed by atoms with Crippen LogP contribution in [0.1, 0.15) is 22.8 Å².